The van der Waals surface area contributed by atoms with Crippen LogP contribution in [0, 0.1) is 6.92 Å². The van der Waals surface area contributed by atoms with Crippen molar-refractivity contribution in [1.82, 2.24) is 14.9 Å². The number of hydrogen-bond acceptors (Lipinski definition) is 6. The van der Waals surface area contributed by atoms with E-state index in [0.29, 0.717) is 43.3 Å². The Labute approximate surface area is 145 Å². The fraction of sp³-hybridized carbons (Fsp3) is 0.353. The maximum Gasteiger partial charge on any atom is 0.254 e. The molecule has 0 radical (unpaired) electrons. The first kappa shape index (κ1) is 16.8. The molecule has 1 fully saturated rings. The standard InChI is InChI=1S/C17H21N5O3/c1-11-12(4-3-5-13(11)25-2)16(24)22-8-6-21(7-9-22)14-10-15(23)20-17(18)19-14/h3-5,10H,6-9H2,1-2H3,(H3,18,19,20,23). The summed E-state index contributed by atoms with van der Waals surface area (Å²) < 4.78 is 5.29. The fourth-order valence-corrected chi connectivity index (χ4v) is 3.00. The molecular formula is C17H21N5O3. The second kappa shape index (κ2) is 6.84. The first-order valence-corrected chi connectivity index (χ1v) is 8.04. The number of carbonyl (C=O) groups excluding carboxylic acids is 1. The second-order valence-electron chi connectivity index (χ2n) is 5.90. The second-order valence-corrected chi connectivity index (χ2v) is 5.90. The number of nitrogens with zero attached hydrogens (tertiary/aromatic N) is 3. The van der Waals surface area contributed by atoms with Crippen LogP contribution in [0.1, 0.15) is 15.9 Å². The first-order valence-electron chi connectivity index (χ1n) is 8.04. The van der Waals surface area contributed by atoms with Crippen molar-refractivity contribution in [1.29, 1.82) is 0 Å². The topological polar surface area (TPSA) is 105 Å². The molecule has 132 valence electrons. The molecule has 0 bridgehead atoms. The summed E-state index contributed by atoms with van der Waals surface area (Å²) in [6.07, 6.45) is 0. The third-order valence-electron chi connectivity index (χ3n) is 4.37. The molecule has 25 heavy (non-hydrogen) atoms. The number of hydrogen-bond donors (Lipinski definition) is 2. The van der Waals surface area contributed by atoms with Crippen LogP contribution in [0.15, 0.2) is 29.1 Å². The lowest BCUT2D eigenvalue weighted by atomic mass is 10.1. The van der Waals surface area contributed by atoms with Crippen molar-refractivity contribution >= 4 is 17.7 Å². The molecule has 0 spiro atoms. The molecule has 0 aliphatic carbocycles. The van der Waals surface area contributed by atoms with Gasteiger partial charge in [0.05, 0.1) is 7.11 Å². The van der Waals surface area contributed by atoms with Crippen LogP contribution >= 0.6 is 0 Å². The number of H-pyrrole nitrogens is 1. The first-order chi connectivity index (χ1) is 12.0. The monoisotopic (exact) mass is 343 g/mol. The van der Waals surface area contributed by atoms with E-state index in [0.717, 1.165) is 5.56 Å². The van der Waals surface area contributed by atoms with Crippen molar-refractivity contribution in [3.05, 3.63) is 45.7 Å². The molecule has 0 saturated carbocycles. The van der Waals surface area contributed by atoms with E-state index in [1.54, 1.807) is 12.0 Å². The van der Waals surface area contributed by atoms with Crippen molar-refractivity contribution < 1.29 is 9.53 Å². The zero-order valence-corrected chi connectivity index (χ0v) is 14.3. The number of aromatic amines is 1. The fourth-order valence-electron chi connectivity index (χ4n) is 3.00. The largest absolute Gasteiger partial charge is 0.496 e. The average molecular weight is 343 g/mol. The molecule has 1 aromatic carbocycles. The summed E-state index contributed by atoms with van der Waals surface area (Å²) in [5.74, 6) is 1.31. The summed E-state index contributed by atoms with van der Waals surface area (Å²) in [6, 6.07) is 6.89. The smallest absolute Gasteiger partial charge is 0.254 e. The van der Waals surface area contributed by atoms with Crippen LogP contribution in [0.4, 0.5) is 11.8 Å². The van der Waals surface area contributed by atoms with Gasteiger partial charge in [0.1, 0.15) is 11.6 Å². The van der Waals surface area contributed by atoms with E-state index in [2.05, 4.69) is 9.97 Å². The highest BCUT2D eigenvalue weighted by molar-refractivity contribution is 5.96. The van der Waals surface area contributed by atoms with Gasteiger partial charge in [-0.05, 0) is 19.1 Å². The number of nitrogens with two attached hydrogens (primary N) is 1. The Bertz CT molecular complexity index is 840. The maximum atomic E-state index is 12.8. The number of nitrogen functional groups attached to an aromatic ring is 1. The summed E-state index contributed by atoms with van der Waals surface area (Å²) in [5.41, 5.74) is 6.79. The molecule has 1 aliphatic heterocycles. The minimum atomic E-state index is -0.284. The van der Waals surface area contributed by atoms with E-state index < -0.39 is 0 Å². The van der Waals surface area contributed by atoms with Gasteiger partial charge in [-0.25, -0.2) is 0 Å². The number of rotatable bonds is 3. The normalized spacial score (nSPS) is 14.5. The highest BCUT2D eigenvalue weighted by Gasteiger charge is 2.24. The molecule has 3 rings (SSSR count). The van der Waals surface area contributed by atoms with E-state index in [4.69, 9.17) is 10.5 Å². The zero-order valence-electron chi connectivity index (χ0n) is 14.3. The molecule has 0 atom stereocenters. The van der Waals surface area contributed by atoms with Gasteiger partial charge in [0.25, 0.3) is 11.5 Å². The van der Waals surface area contributed by atoms with Gasteiger partial charge in [-0.1, -0.05) is 6.07 Å². The molecule has 8 heteroatoms. The van der Waals surface area contributed by atoms with Crippen LogP contribution in [0.3, 0.4) is 0 Å². The zero-order chi connectivity index (χ0) is 18.0. The molecule has 1 aliphatic rings. The van der Waals surface area contributed by atoms with Crippen LogP contribution in [-0.4, -0.2) is 54.1 Å². The third-order valence-corrected chi connectivity index (χ3v) is 4.37. The lowest BCUT2D eigenvalue weighted by Gasteiger charge is -2.35. The molecule has 1 amide bonds. The summed E-state index contributed by atoms with van der Waals surface area (Å²) in [4.78, 5) is 34.7. The average Bonchev–Trinajstić information content (AvgIpc) is 2.61. The van der Waals surface area contributed by atoms with Gasteiger partial charge in [-0.15, -0.1) is 0 Å². The SMILES string of the molecule is COc1cccc(C(=O)N2CCN(c3cc(=O)[nH]c(N)n3)CC2)c1C. The number of methoxy groups -OCH3 is 1. The van der Waals surface area contributed by atoms with Gasteiger partial charge < -0.3 is 20.3 Å². The lowest BCUT2D eigenvalue weighted by Crippen LogP contribution is -2.49. The molecule has 0 unspecified atom stereocenters. The van der Waals surface area contributed by atoms with Gasteiger partial charge in [0.15, 0.2) is 0 Å². The quantitative estimate of drug-likeness (QED) is 0.847. The molecule has 2 aromatic rings. The van der Waals surface area contributed by atoms with Gasteiger partial charge in [-0.3, -0.25) is 14.6 Å². The van der Waals surface area contributed by atoms with Crippen molar-refractivity contribution in [2.45, 2.75) is 6.92 Å². The van der Waals surface area contributed by atoms with Gasteiger partial charge in [0.2, 0.25) is 5.95 Å². The van der Waals surface area contributed by atoms with Gasteiger partial charge in [0, 0.05) is 43.4 Å². The van der Waals surface area contributed by atoms with E-state index >= 15 is 0 Å². The Morgan fingerprint density at radius 3 is 2.64 bits per heavy atom. The molecule has 2 heterocycles. The summed E-state index contributed by atoms with van der Waals surface area (Å²) in [6.45, 7) is 4.15. The molecule has 1 saturated heterocycles. The van der Waals surface area contributed by atoms with Crippen LogP contribution < -0.4 is 20.9 Å². The summed E-state index contributed by atoms with van der Waals surface area (Å²) >= 11 is 0. The number of anilines is 2. The highest BCUT2D eigenvalue weighted by Crippen LogP contribution is 2.23. The molecule has 8 nitrogen and oxygen atoms in total. The predicted octanol–water partition coefficient (Wildman–Crippen LogP) is 0.632. The van der Waals surface area contributed by atoms with Crippen LogP contribution in [-0.2, 0) is 0 Å². The molecule has 3 N–H and O–H groups in total. The Kier molecular flexibility index (Phi) is 4.60. The number of benzene rings is 1. The van der Waals surface area contributed by atoms with E-state index in [1.165, 1.54) is 6.07 Å². The number of amides is 1. The van der Waals surface area contributed by atoms with Crippen molar-refractivity contribution in [3.8, 4) is 5.75 Å². The van der Waals surface area contributed by atoms with Crippen molar-refractivity contribution in [2.75, 3.05) is 43.9 Å². The third kappa shape index (κ3) is 3.42. The highest BCUT2D eigenvalue weighted by atomic mass is 16.5. The molecule has 1 aromatic heterocycles. The molecular weight excluding hydrogens is 322 g/mol. The summed E-state index contributed by atoms with van der Waals surface area (Å²) in [7, 11) is 1.59. The number of piperazine rings is 1. The van der Waals surface area contributed by atoms with E-state index in [9.17, 15) is 9.59 Å². The Balaban J connectivity index is 1.72. The van der Waals surface area contributed by atoms with Crippen LogP contribution in [0.2, 0.25) is 0 Å². The van der Waals surface area contributed by atoms with E-state index in [1.807, 2.05) is 30.0 Å². The van der Waals surface area contributed by atoms with Gasteiger partial charge in [-0.2, -0.15) is 4.98 Å². The number of ether oxygens (including phenoxy) is 1. The van der Waals surface area contributed by atoms with Crippen molar-refractivity contribution in [3.63, 3.8) is 0 Å². The lowest BCUT2D eigenvalue weighted by molar-refractivity contribution is 0.0745. The number of nitrogens with one attached hydrogen (secondary N) is 1. The predicted molar refractivity (Wildman–Crippen MR) is 95.1 cm³/mol. The van der Waals surface area contributed by atoms with Crippen molar-refractivity contribution in [2.24, 2.45) is 0 Å². The van der Waals surface area contributed by atoms with E-state index in [-0.39, 0.29) is 17.4 Å². The summed E-state index contributed by atoms with van der Waals surface area (Å²) in [5, 5.41) is 0. The maximum absolute atomic E-state index is 12.8. The Hall–Kier alpha value is -3.03. The minimum Gasteiger partial charge on any atom is -0.496 e. The van der Waals surface area contributed by atoms with Crippen LogP contribution in [0.25, 0.3) is 0 Å². The van der Waals surface area contributed by atoms with Gasteiger partial charge >= 0.3 is 0 Å². The number of aromatic nitrogens is 2. The Morgan fingerprint density at radius 1 is 1.28 bits per heavy atom. The Morgan fingerprint density at radius 2 is 2.00 bits per heavy atom. The minimum absolute atomic E-state index is 0.0190. The van der Waals surface area contributed by atoms with Crippen LogP contribution in [0.5, 0.6) is 5.75 Å². The number of carbonyl (C=O) groups is 1.